The molecular weight excluding hydrogens is 361 g/mol. The molecule has 0 amide bonds. The smallest absolute Gasteiger partial charge is 0.191 e. The van der Waals surface area contributed by atoms with Crippen LogP contribution in [0.5, 0.6) is 5.75 Å². The summed E-state index contributed by atoms with van der Waals surface area (Å²) >= 11 is 1.50. The molecule has 6 heteroatoms. The van der Waals surface area contributed by atoms with Crippen molar-refractivity contribution in [3.05, 3.63) is 59.9 Å². The van der Waals surface area contributed by atoms with E-state index < -0.39 is 0 Å². The number of ether oxygens (including phenoxy) is 1. The van der Waals surface area contributed by atoms with Gasteiger partial charge in [0.25, 0.3) is 0 Å². The van der Waals surface area contributed by atoms with Gasteiger partial charge in [-0.25, -0.2) is 4.39 Å². The van der Waals surface area contributed by atoms with Gasteiger partial charge in [0.2, 0.25) is 0 Å². The van der Waals surface area contributed by atoms with Crippen LogP contribution in [0.1, 0.15) is 32.3 Å². The molecule has 3 aromatic rings. The number of hydrogen-bond acceptors (Lipinski definition) is 4. The van der Waals surface area contributed by atoms with E-state index in [-0.39, 0.29) is 5.82 Å². The van der Waals surface area contributed by atoms with Gasteiger partial charge < -0.3 is 9.30 Å². The highest BCUT2D eigenvalue weighted by atomic mass is 32.2. The van der Waals surface area contributed by atoms with Gasteiger partial charge >= 0.3 is 0 Å². The van der Waals surface area contributed by atoms with E-state index in [0.29, 0.717) is 11.3 Å². The Hall–Kier alpha value is -2.34. The summed E-state index contributed by atoms with van der Waals surface area (Å²) in [5.41, 5.74) is 1.66. The lowest BCUT2D eigenvalue weighted by molar-refractivity contribution is 0.309. The second-order valence-corrected chi connectivity index (χ2v) is 7.10. The maximum absolute atomic E-state index is 13.8. The summed E-state index contributed by atoms with van der Waals surface area (Å²) in [6.07, 6.45) is 2.17. The topological polar surface area (TPSA) is 39.9 Å². The third-order valence-corrected chi connectivity index (χ3v) is 5.24. The molecule has 142 valence electrons. The number of thioether (sulfide) groups is 1. The predicted octanol–water partition coefficient (Wildman–Crippen LogP) is 5.58. The van der Waals surface area contributed by atoms with Gasteiger partial charge in [-0.15, -0.1) is 10.2 Å². The summed E-state index contributed by atoms with van der Waals surface area (Å²) in [5.74, 6) is 2.01. The molecule has 0 saturated carbocycles. The highest BCUT2D eigenvalue weighted by Crippen LogP contribution is 2.28. The largest absolute Gasteiger partial charge is 0.494 e. The molecule has 0 unspecified atom stereocenters. The molecule has 0 radical (unpaired) electrons. The SMILES string of the molecule is CCCCOc1ccc(-c2nnc(SCc3ccccc3F)n2CC)cc1. The Bertz CT molecular complexity index is 864. The zero-order valence-electron chi connectivity index (χ0n) is 15.7. The molecule has 0 fully saturated rings. The standard InChI is InChI=1S/C21H24FN3OS/c1-3-5-14-26-18-12-10-16(11-13-18)20-23-24-21(25(20)4-2)27-15-17-8-6-7-9-19(17)22/h6-13H,3-5,14-15H2,1-2H3. The Morgan fingerprint density at radius 3 is 2.52 bits per heavy atom. The molecule has 0 saturated heterocycles. The van der Waals surface area contributed by atoms with Crippen LogP contribution in [0, 0.1) is 5.82 Å². The van der Waals surface area contributed by atoms with Gasteiger partial charge in [0.15, 0.2) is 11.0 Å². The van der Waals surface area contributed by atoms with Crippen LogP contribution in [0.25, 0.3) is 11.4 Å². The van der Waals surface area contributed by atoms with Crippen LogP contribution in [-0.4, -0.2) is 21.4 Å². The van der Waals surface area contributed by atoms with Crippen molar-refractivity contribution >= 4 is 11.8 Å². The van der Waals surface area contributed by atoms with Crippen LogP contribution in [0.15, 0.2) is 53.7 Å². The zero-order chi connectivity index (χ0) is 19.1. The Labute approximate surface area is 163 Å². The summed E-state index contributed by atoms with van der Waals surface area (Å²) < 4.78 is 21.6. The maximum atomic E-state index is 13.8. The molecule has 2 aromatic carbocycles. The maximum Gasteiger partial charge on any atom is 0.191 e. The van der Waals surface area contributed by atoms with Crippen molar-refractivity contribution in [1.82, 2.24) is 14.8 Å². The molecule has 0 spiro atoms. The van der Waals surface area contributed by atoms with Crippen molar-refractivity contribution < 1.29 is 9.13 Å². The molecule has 3 rings (SSSR count). The Kier molecular flexibility index (Phi) is 6.87. The quantitative estimate of drug-likeness (QED) is 0.356. The van der Waals surface area contributed by atoms with E-state index in [1.165, 1.54) is 17.8 Å². The third kappa shape index (κ3) is 4.89. The summed E-state index contributed by atoms with van der Waals surface area (Å²) in [7, 11) is 0. The van der Waals surface area contributed by atoms with E-state index in [0.717, 1.165) is 48.3 Å². The minimum atomic E-state index is -0.188. The first kappa shape index (κ1) is 19.4. The van der Waals surface area contributed by atoms with Crippen LogP contribution in [0.2, 0.25) is 0 Å². The molecule has 27 heavy (non-hydrogen) atoms. The zero-order valence-corrected chi connectivity index (χ0v) is 16.5. The Balaban J connectivity index is 1.72. The van der Waals surface area contributed by atoms with Gasteiger partial charge in [0.1, 0.15) is 11.6 Å². The van der Waals surface area contributed by atoms with Crippen molar-refractivity contribution in [3.63, 3.8) is 0 Å². The minimum Gasteiger partial charge on any atom is -0.494 e. The van der Waals surface area contributed by atoms with E-state index in [9.17, 15) is 4.39 Å². The number of unbranched alkanes of at least 4 members (excludes halogenated alkanes) is 1. The molecule has 0 atom stereocenters. The average molecular weight is 386 g/mol. The Morgan fingerprint density at radius 2 is 1.81 bits per heavy atom. The summed E-state index contributed by atoms with van der Waals surface area (Å²) in [5, 5.41) is 9.46. The number of aromatic nitrogens is 3. The van der Waals surface area contributed by atoms with Crippen LogP contribution >= 0.6 is 11.8 Å². The van der Waals surface area contributed by atoms with Gasteiger partial charge in [-0.2, -0.15) is 0 Å². The van der Waals surface area contributed by atoms with Crippen molar-refractivity contribution in [3.8, 4) is 17.1 Å². The average Bonchev–Trinajstić information content (AvgIpc) is 3.11. The number of rotatable bonds is 9. The molecule has 0 N–H and O–H groups in total. The van der Waals surface area contributed by atoms with Gasteiger partial charge in [-0.3, -0.25) is 0 Å². The summed E-state index contributed by atoms with van der Waals surface area (Å²) in [4.78, 5) is 0. The second-order valence-electron chi connectivity index (χ2n) is 6.16. The monoisotopic (exact) mass is 385 g/mol. The van der Waals surface area contributed by atoms with Crippen LogP contribution in [0.4, 0.5) is 4.39 Å². The summed E-state index contributed by atoms with van der Waals surface area (Å²) in [6.45, 7) is 5.68. The predicted molar refractivity (Wildman–Crippen MR) is 107 cm³/mol. The van der Waals surface area contributed by atoms with E-state index >= 15 is 0 Å². The van der Waals surface area contributed by atoms with Crippen molar-refractivity contribution in [2.45, 2.75) is 44.1 Å². The van der Waals surface area contributed by atoms with Crippen molar-refractivity contribution in [2.75, 3.05) is 6.61 Å². The fourth-order valence-electron chi connectivity index (χ4n) is 2.69. The van der Waals surface area contributed by atoms with Crippen molar-refractivity contribution in [2.24, 2.45) is 0 Å². The fourth-order valence-corrected chi connectivity index (χ4v) is 3.68. The first-order chi connectivity index (χ1) is 13.2. The fraction of sp³-hybridized carbons (Fsp3) is 0.333. The number of hydrogen-bond donors (Lipinski definition) is 0. The van der Waals surface area contributed by atoms with E-state index in [4.69, 9.17) is 4.74 Å². The second kappa shape index (κ2) is 9.55. The van der Waals surface area contributed by atoms with Gasteiger partial charge in [-0.05, 0) is 49.2 Å². The number of benzene rings is 2. The van der Waals surface area contributed by atoms with E-state index in [2.05, 4.69) is 28.6 Å². The van der Waals surface area contributed by atoms with Crippen molar-refractivity contribution in [1.29, 1.82) is 0 Å². The molecule has 0 aliphatic carbocycles. The lowest BCUT2D eigenvalue weighted by Gasteiger charge is -2.09. The molecule has 0 aliphatic heterocycles. The molecular formula is C21H24FN3OS. The highest BCUT2D eigenvalue weighted by molar-refractivity contribution is 7.98. The van der Waals surface area contributed by atoms with Gasteiger partial charge in [0.05, 0.1) is 6.61 Å². The van der Waals surface area contributed by atoms with E-state index in [1.807, 2.05) is 30.3 Å². The molecule has 4 nitrogen and oxygen atoms in total. The van der Waals surface area contributed by atoms with Crippen LogP contribution in [0.3, 0.4) is 0 Å². The lowest BCUT2D eigenvalue weighted by atomic mass is 10.2. The first-order valence-electron chi connectivity index (χ1n) is 9.25. The van der Waals surface area contributed by atoms with Crippen LogP contribution < -0.4 is 4.74 Å². The number of nitrogens with zero attached hydrogens (tertiary/aromatic N) is 3. The first-order valence-corrected chi connectivity index (χ1v) is 10.2. The normalized spacial score (nSPS) is 10.9. The molecule has 1 aromatic heterocycles. The lowest BCUT2D eigenvalue weighted by Crippen LogP contribution is -2.00. The number of halogens is 1. The Morgan fingerprint density at radius 1 is 1.04 bits per heavy atom. The molecule has 0 bridgehead atoms. The summed E-state index contributed by atoms with van der Waals surface area (Å²) in [6, 6.07) is 14.8. The van der Waals surface area contributed by atoms with Gasteiger partial charge in [-0.1, -0.05) is 43.3 Å². The molecule has 1 heterocycles. The van der Waals surface area contributed by atoms with Gasteiger partial charge in [0, 0.05) is 17.9 Å². The van der Waals surface area contributed by atoms with E-state index in [1.54, 1.807) is 12.1 Å². The van der Waals surface area contributed by atoms with Crippen LogP contribution in [-0.2, 0) is 12.3 Å². The third-order valence-electron chi connectivity index (χ3n) is 4.23. The highest BCUT2D eigenvalue weighted by Gasteiger charge is 2.14. The minimum absolute atomic E-state index is 0.188. The molecule has 0 aliphatic rings.